The normalized spacial score (nSPS) is 16.0. The average Bonchev–Trinajstić information content (AvgIpc) is 2.06. The lowest BCUT2D eigenvalue weighted by molar-refractivity contribution is 0.648. The molecule has 0 aliphatic carbocycles. The molecule has 1 aromatic heterocycles. The second-order valence-corrected chi connectivity index (χ2v) is 3.61. The molecule has 0 radical (unpaired) electrons. The van der Waals surface area contributed by atoms with Crippen LogP contribution in [0.25, 0.3) is 0 Å². The van der Waals surface area contributed by atoms with Gasteiger partial charge in [-0.25, -0.2) is 0 Å². The van der Waals surface area contributed by atoms with E-state index in [1.807, 2.05) is 5.38 Å². The Bertz CT molecular complexity index is 318. The lowest BCUT2D eigenvalue weighted by atomic mass is 10.1. The van der Waals surface area contributed by atoms with E-state index in [0.29, 0.717) is 0 Å². The summed E-state index contributed by atoms with van der Waals surface area (Å²) in [5.74, 6) is 0. The zero-order valence-electron chi connectivity index (χ0n) is 6.09. The van der Waals surface area contributed by atoms with Crippen LogP contribution in [-0.4, -0.2) is 6.54 Å². The van der Waals surface area contributed by atoms with Crippen molar-refractivity contribution in [1.29, 1.82) is 0 Å². The molecule has 1 aliphatic rings. The molecule has 11 heavy (non-hydrogen) atoms. The van der Waals surface area contributed by atoms with E-state index in [9.17, 15) is 4.79 Å². The molecule has 1 N–H and O–H groups in total. The number of nitrogens with one attached hydrogen (secondary N) is 1. The van der Waals surface area contributed by atoms with Crippen LogP contribution in [0.3, 0.4) is 0 Å². The van der Waals surface area contributed by atoms with Gasteiger partial charge < -0.3 is 5.32 Å². The Morgan fingerprint density at radius 1 is 1.55 bits per heavy atom. The minimum absolute atomic E-state index is 0.186. The van der Waals surface area contributed by atoms with Crippen molar-refractivity contribution in [2.75, 3.05) is 6.54 Å². The maximum Gasteiger partial charge on any atom is 0.184 e. The molecule has 58 valence electrons. The van der Waals surface area contributed by atoms with Crippen molar-refractivity contribution in [1.82, 2.24) is 5.32 Å². The number of rotatable bonds is 0. The fraction of sp³-hybridized carbons (Fsp3) is 0.375. The SMILES string of the molecule is O=c1ccsc2c1CNCC2. The molecule has 2 nitrogen and oxygen atoms in total. The fourth-order valence-electron chi connectivity index (χ4n) is 1.30. The molecule has 0 bridgehead atoms. The van der Waals surface area contributed by atoms with Gasteiger partial charge in [0.25, 0.3) is 0 Å². The van der Waals surface area contributed by atoms with Crippen LogP contribution in [0.15, 0.2) is 16.2 Å². The quantitative estimate of drug-likeness (QED) is 0.618. The van der Waals surface area contributed by atoms with Gasteiger partial charge in [0.1, 0.15) is 0 Å². The Morgan fingerprint density at radius 3 is 3.27 bits per heavy atom. The zero-order chi connectivity index (χ0) is 7.68. The fourth-order valence-corrected chi connectivity index (χ4v) is 2.19. The van der Waals surface area contributed by atoms with Gasteiger partial charge in [-0.15, -0.1) is 11.3 Å². The van der Waals surface area contributed by atoms with Crippen molar-refractivity contribution in [2.45, 2.75) is 13.0 Å². The molecule has 0 unspecified atom stereocenters. The average molecular weight is 167 g/mol. The lowest BCUT2D eigenvalue weighted by Crippen LogP contribution is -2.27. The van der Waals surface area contributed by atoms with Gasteiger partial charge in [0.2, 0.25) is 0 Å². The summed E-state index contributed by atoms with van der Waals surface area (Å²) < 4.78 is 0. The molecule has 0 saturated carbocycles. The zero-order valence-corrected chi connectivity index (χ0v) is 6.91. The molecule has 0 saturated heterocycles. The molecule has 1 aliphatic heterocycles. The standard InChI is InChI=1S/C8H9NOS/c10-7-2-4-11-8-1-3-9-5-6(7)8/h2,4,9H,1,3,5H2. The highest BCUT2D eigenvalue weighted by molar-refractivity contribution is 7.09. The summed E-state index contributed by atoms with van der Waals surface area (Å²) in [7, 11) is 0. The third-order valence-electron chi connectivity index (χ3n) is 1.89. The van der Waals surface area contributed by atoms with E-state index in [1.54, 1.807) is 17.4 Å². The van der Waals surface area contributed by atoms with E-state index in [1.165, 1.54) is 4.88 Å². The highest BCUT2D eigenvalue weighted by Crippen LogP contribution is 2.13. The first-order valence-corrected chi connectivity index (χ1v) is 4.56. The summed E-state index contributed by atoms with van der Waals surface area (Å²) in [5.41, 5.74) is 1.16. The Morgan fingerprint density at radius 2 is 2.45 bits per heavy atom. The number of fused-ring (bicyclic) bond motifs is 1. The van der Waals surface area contributed by atoms with Gasteiger partial charge >= 0.3 is 0 Å². The van der Waals surface area contributed by atoms with Gasteiger partial charge in [-0.2, -0.15) is 0 Å². The highest BCUT2D eigenvalue weighted by Gasteiger charge is 2.10. The molecular weight excluding hydrogens is 158 g/mol. The molecule has 0 fully saturated rings. The van der Waals surface area contributed by atoms with E-state index in [4.69, 9.17) is 0 Å². The second-order valence-electron chi connectivity index (χ2n) is 2.61. The van der Waals surface area contributed by atoms with Gasteiger partial charge in [0.15, 0.2) is 5.43 Å². The predicted octanol–water partition coefficient (Wildman–Crippen LogP) is 0.754. The molecular formula is C8H9NOS. The molecule has 0 amide bonds. The minimum Gasteiger partial charge on any atom is -0.312 e. The van der Waals surface area contributed by atoms with Crippen molar-refractivity contribution in [2.24, 2.45) is 0 Å². The van der Waals surface area contributed by atoms with E-state index >= 15 is 0 Å². The second kappa shape index (κ2) is 2.75. The van der Waals surface area contributed by atoms with Gasteiger partial charge in [0, 0.05) is 23.5 Å². The Hall–Kier alpha value is -0.670. The summed E-state index contributed by atoms with van der Waals surface area (Å²) in [5, 5.41) is 5.07. The predicted molar refractivity (Wildman–Crippen MR) is 46.0 cm³/mol. The topological polar surface area (TPSA) is 29.1 Å². The summed E-state index contributed by atoms with van der Waals surface area (Å²) in [4.78, 5) is 12.5. The smallest absolute Gasteiger partial charge is 0.184 e. The number of hydrogen-bond donors (Lipinski definition) is 1. The van der Waals surface area contributed by atoms with Gasteiger partial charge in [-0.3, -0.25) is 4.79 Å². The third-order valence-corrected chi connectivity index (χ3v) is 2.90. The third kappa shape index (κ3) is 1.21. The monoisotopic (exact) mass is 167 g/mol. The van der Waals surface area contributed by atoms with Crippen LogP contribution in [-0.2, 0) is 13.0 Å². The van der Waals surface area contributed by atoms with Crippen molar-refractivity contribution in [3.8, 4) is 0 Å². The first-order valence-electron chi connectivity index (χ1n) is 3.68. The summed E-state index contributed by atoms with van der Waals surface area (Å²) >= 11 is 1.69. The Kier molecular flexibility index (Phi) is 1.75. The maximum absolute atomic E-state index is 11.2. The van der Waals surface area contributed by atoms with E-state index in [0.717, 1.165) is 25.1 Å². The van der Waals surface area contributed by atoms with Crippen LogP contribution in [0.5, 0.6) is 0 Å². The van der Waals surface area contributed by atoms with Gasteiger partial charge in [-0.1, -0.05) is 0 Å². The van der Waals surface area contributed by atoms with E-state index in [-0.39, 0.29) is 5.43 Å². The van der Waals surface area contributed by atoms with Gasteiger partial charge in [-0.05, 0) is 17.9 Å². The first kappa shape index (κ1) is 7.00. The highest BCUT2D eigenvalue weighted by atomic mass is 32.1. The van der Waals surface area contributed by atoms with Crippen LogP contribution in [0.2, 0.25) is 0 Å². The van der Waals surface area contributed by atoms with Crippen LogP contribution in [0.4, 0.5) is 0 Å². The van der Waals surface area contributed by atoms with Crippen LogP contribution in [0.1, 0.15) is 10.4 Å². The largest absolute Gasteiger partial charge is 0.312 e. The van der Waals surface area contributed by atoms with Crippen LogP contribution in [0, 0.1) is 0 Å². The van der Waals surface area contributed by atoms with E-state index in [2.05, 4.69) is 5.32 Å². The van der Waals surface area contributed by atoms with Crippen molar-refractivity contribution in [3.63, 3.8) is 0 Å². The molecule has 3 heteroatoms. The summed E-state index contributed by atoms with van der Waals surface area (Å²) in [6, 6.07) is 1.65. The van der Waals surface area contributed by atoms with Crippen molar-refractivity contribution < 1.29 is 0 Å². The van der Waals surface area contributed by atoms with Gasteiger partial charge in [0.05, 0.1) is 0 Å². The Labute approximate surface area is 68.9 Å². The van der Waals surface area contributed by atoms with E-state index < -0.39 is 0 Å². The molecule has 2 heterocycles. The molecule has 1 aromatic rings. The minimum atomic E-state index is 0.186. The van der Waals surface area contributed by atoms with Crippen LogP contribution >= 0.6 is 11.3 Å². The lowest BCUT2D eigenvalue weighted by Gasteiger charge is -2.13. The summed E-state index contributed by atoms with van der Waals surface area (Å²) in [6.07, 6.45) is 1.01. The molecule has 2 rings (SSSR count). The maximum atomic E-state index is 11.2. The first-order chi connectivity index (χ1) is 5.38. The summed E-state index contributed by atoms with van der Waals surface area (Å²) in [6.45, 7) is 1.76. The molecule has 0 aromatic carbocycles. The number of hydrogen-bond acceptors (Lipinski definition) is 3. The van der Waals surface area contributed by atoms with Crippen molar-refractivity contribution in [3.05, 3.63) is 32.1 Å². The Balaban J connectivity index is 2.58. The molecule has 0 spiro atoms. The molecule has 0 atom stereocenters. The van der Waals surface area contributed by atoms with Crippen molar-refractivity contribution >= 4 is 11.3 Å². The van der Waals surface area contributed by atoms with Crippen LogP contribution < -0.4 is 10.7 Å².